The Morgan fingerprint density at radius 3 is 2.11 bits per heavy atom. The van der Waals surface area contributed by atoms with Gasteiger partial charge in [-0.3, -0.25) is 30.4 Å². The van der Waals surface area contributed by atoms with Crippen molar-refractivity contribution in [2.24, 2.45) is 5.10 Å². The molecular formula is C9H7ClN4O5. The first kappa shape index (κ1) is 14.5. The van der Waals surface area contributed by atoms with Crippen molar-refractivity contribution in [3.63, 3.8) is 0 Å². The summed E-state index contributed by atoms with van der Waals surface area (Å²) in [5.41, 5.74) is 0.449. The van der Waals surface area contributed by atoms with Crippen LogP contribution in [-0.2, 0) is 4.79 Å². The number of para-hydroxylation sites is 1. The van der Waals surface area contributed by atoms with Crippen molar-refractivity contribution >= 4 is 39.6 Å². The second-order valence-corrected chi connectivity index (χ2v) is 3.61. The van der Waals surface area contributed by atoms with Gasteiger partial charge in [0.2, 0.25) is 5.69 Å². The molecule has 0 unspecified atom stereocenters. The Kier molecular flexibility index (Phi) is 4.48. The summed E-state index contributed by atoms with van der Waals surface area (Å²) in [6, 6.07) is 3.32. The van der Waals surface area contributed by atoms with Crippen molar-refractivity contribution in [1.29, 1.82) is 0 Å². The highest BCUT2D eigenvalue weighted by Crippen LogP contribution is 2.33. The van der Waals surface area contributed by atoms with Crippen LogP contribution in [0.3, 0.4) is 0 Å². The van der Waals surface area contributed by atoms with E-state index in [9.17, 15) is 25.0 Å². The van der Waals surface area contributed by atoms with Crippen molar-refractivity contribution in [2.75, 3.05) is 5.43 Å². The standard InChI is InChI=1S/C9H7ClN4O5/c1-5(9(10)15)11-12-8-6(13(16)17)3-2-4-7(8)14(18)19/h2-4,12H,1H3. The van der Waals surface area contributed by atoms with Crippen LogP contribution in [0.25, 0.3) is 0 Å². The molecular weight excluding hydrogens is 280 g/mol. The summed E-state index contributed by atoms with van der Waals surface area (Å²) in [5, 5.41) is 24.1. The van der Waals surface area contributed by atoms with E-state index in [0.717, 1.165) is 12.1 Å². The topological polar surface area (TPSA) is 128 Å². The lowest BCUT2D eigenvalue weighted by molar-refractivity contribution is -0.392. The highest BCUT2D eigenvalue weighted by molar-refractivity contribution is 6.81. The lowest BCUT2D eigenvalue weighted by Gasteiger charge is -2.03. The summed E-state index contributed by atoms with van der Waals surface area (Å²) >= 11 is 5.12. The van der Waals surface area contributed by atoms with E-state index in [1.165, 1.54) is 13.0 Å². The minimum Gasteiger partial charge on any atom is -0.274 e. The van der Waals surface area contributed by atoms with Gasteiger partial charge in [-0.25, -0.2) is 0 Å². The summed E-state index contributed by atoms with van der Waals surface area (Å²) in [6.07, 6.45) is 0. The number of halogens is 1. The van der Waals surface area contributed by atoms with E-state index < -0.39 is 32.2 Å². The third kappa shape index (κ3) is 3.45. The number of hydrogen-bond donors (Lipinski definition) is 1. The number of anilines is 1. The van der Waals surface area contributed by atoms with E-state index in [-0.39, 0.29) is 5.71 Å². The molecule has 100 valence electrons. The first-order valence-corrected chi connectivity index (χ1v) is 5.14. The number of carbonyl (C=O) groups excluding carboxylic acids is 1. The van der Waals surface area contributed by atoms with Crippen LogP contribution in [-0.4, -0.2) is 20.8 Å². The molecule has 0 heterocycles. The van der Waals surface area contributed by atoms with Crippen molar-refractivity contribution in [3.05, 3.63) is 38.4 Å². The molecule has 0 bridgehead atoms. The second-order valence-electron chi connectivity index (χ2n) is 3.27. The van der Waals surface area contributed by atoms with Gasteiger partial charge >= 0.3 is 11.4 Å². The van der Waals surface area contributed by atoms with Gasteiger partial charge in [0, 0.05) is 12.1 Å². The molecule has 0 fully saturated rings. The minimum atomic E-state index is -0.881. The maximum Gasteiger partial charge on any atom is 0.301 e. The number of hydrazone groups is 1. The van der Waals surface area contributed by atoms with Gasteiger partial charge in [-0.15, -0.1) is 0 Å². The monoisotopic (exact) mass is 286 g/mol. The first-order valence-electron chi connectivity index (χ1n) is 4.76. The number of benzene rings is 1. The van der Waals surface area contributed by atoms with Crippen LogP contribution in [0.2, 0.25) is 0 Å². The fraction of sp³-hybridized carbons (Fsp3) is 0.111. The quantitative estimate of drug-likeness (QED) is 0.382. The number of nitrogens with zero attached hydrogens (tertiary/aromatic N) is 3. The van der Waals surface area contributed by atoms with Crippen LogP contribution in [0.5, 0.6) is 0 Å². The van der Waals surface area contributed by atoms with E-state index in [2.05, 4.69) is 10.5 Å². The number of hydrogen-bond acceptors (Lipinski definition) is 7. The summed E-state index contributed by atoms with van der Waals surface area (Å²) in [4.78, 5) is 30.7. The number of nitro benzene ring substituents is 2. The third-order valence-corrected chi connectivity index (χ3v) is 2.31. The largest absolute Gasteiger partial charge is 0.301 e. The number of rotatable bonds is 5. The van der Waals surface area contributed by atoms with E-state index in [1.807, 2.05) is 0 Å². The van der Waals surface area contributed by atoms with Gasteiger partial charge in [-0.1, -0.05) is 0 Å². The van der Waals surface area contributed by atoms with Crippen molar-refractivity contribution in [3.8, 4) is 0 Å². The lowest BCUT2D eigenvalue weighted by Crippen LogP contribution is -2.07. The molecule has 0 aromatic heterocycles. The Labute approximate surface area is 111 Å². The van der Waals surface area contributed by atoms with Crippen LogP contribution in [0, 0.1) is 20.2 Å². The number of nitro groups is 2. The van der Waals surface area contributed by atoms with Gasteiger partial charge in [-0.05, 0) is 24.6 Å². The maximum atomic E-state index is 10.8. The molecule has 0 radical (unpaired) electrons. The van der Waals surface area contributed by atoms with Crippen molar-refractivity contribution in [2.45, 2.75) is 6.92 Å². The molecule has 0 aliphatic carbocycles. The molecule has 19 heavy (non-hydrogen) atoms. The second kappa shape index (κ2) is 5.87. The van der Waals surface area contributed by atoms with Gasteiger partial charge in [0.15, 0.2) is 0 Å². The molecule has 0 aliphatic heterocycles. The van der Waals surface area contributed by atoms with Gasteiger partial charge in [0.25, 0.3) is 5.24 Å². The average Bonchev–Trinajstić information content (AvgIpc) is 2.34. The zero-order chi connectivity index (χ0) is 14.6. The molecule has 1 aromatic carbocycles. The van der Waals surface area contributed by atoms with Crippen LogP contribution >= 0.6 is 11.6 Å². The highest BCUT2D eigenvalue weighted by atomic mass is 35.5. The minimum absolute atomic E-state index is 0.186. The van der Waals surface area contributed by atoms with E-state index in [0.29, 0.717) is 0 Å². The SMILES string of the molecule is CC(=NNc1c([N+](=O)[O-])cccc1[N+](=O)[O-])C(=O)Cl. The molecule has 9 nitrogen and oxygen atoms in total. The smallest absolute Gasteiger partial charge is 0.274 e. The first-order chi connectivity index (χ1) is 8.84. The number of carbonyl (C=O) groups is 1. The lowest BCUT2D eigenvalue weighted by atomic mass is 10.2. The molecule has 10 heteroatoms. The Balaban J connectivity index is 3.30. The summed E-state index contributed by atoms with van der Waals surface area (Å²) < 4.78 is 0. The summed E-state index contributed by atoms with van der Waals surface area (Å²) in [6.45, 7) is 1.25. The molecule has 0 amide bonds. The zero-order valence-corrected chi connectivity index (χ0v) is 10.2. The van der Waals surface area contributed by atoms with Crippen molar-refractivity contribution < 1.29 is 14.6 Å². The Morgan fingerprint density at radius 1 is 1.26 bits per heavy atom. The molecule has 0 atom stereocenters. The zero-order valence-electron chi connectivity index (χ0n) is 9.49. The molecule has 0 saturated heterocycles. The summed E-state index contributed by atoms with van der Waals surface area (Å²) in [5.74, 6) is 0. The van der Waals surface area contributed by atoms with Gasteiger partial charge < -0.3 is 0 Å². The maximum absolute atomic E-state index is 10.8. The molecule has 0 saturated carbocycles. The number of nitrogens with one attached hydrogen (secondary N) is 1. The van der Waals surface area contributed by atoms with Gasteiger partial charge in [0.05, 0.1) is 9.85 Å². The average molecular weight is 287 g/mol. The predicted molar refractivity (Wildman–Crippen MR) is 67.3 cm³/mol. The van der Waals surface area contributed by atoms with Crippen LogP contribution in [0.1, 0.15) is 6.92 Å². The van der Waals surface area contributed by atoms with E-state index in [4.69, 9.17) is 11.6 Å². The van der Waals surface area contributed by atoms with Gasteiger partial charge in [-0.2, -0.15) is 5.10 Å². The van der Waals surface area contributed by atoms with Crippen LogP contribution < -0.4 is 5.43 Å². The fourth-order valence-electron chi connectivity index (χ4n) is 1.13. The van der Waals surface area contributed by atoms with Crippen LogP contribution in [0.15, 0.2) is 23.3 Å². The molecule has 0 spiro atoms. The van der Waals surface area contributed by atoms with E-state index in [1.54, 1.807) is 0 Å². The van der Waals surface area contributed by atoms with Crippen molar-refractivity contribution in [1.82, 2.24) is 0 Å². The summed E-state index contributed by atoms with van der Waals surface area (Å²) in [7, 11) is 0. The Morgan fingerprint density at radius 2 is 1.74 bits per heavy atom. The van der Waals surface area contributed by atoms with Gasteiger partial charge in [0.1, 0.15) is 5.71 Å². The molecule has 0 aliphatic rings. The molecule has 1 aromatic rings. The molecule has 1 rings (SSSR count). The normalized spacial score (nSPS) is 10.9. The third-order valence-electron chi connectivity index (χ3n) is 2.03. The van der Waals surface area contributed by atoms with Crippen LogP contribution in [0.4, 0.5) is 17.1 Å². The Hall–Kier alpha value is -2.55. The fourth-order valence-corrected chi connectivity index (χ4v) is 1.17. The molecule has 1 N–H and O–H groups in total. The highest BCUT2D eigenvalue weighted by Gasteiger charge is 2.24. The van der Waals surface area contributed by atoms with E-state index >= 15 is 0 Å². The Bertz CT molecular complexity index is 554. The predicted octanol–water partition coefficient (Wildman–Crippen LogP) is 2.06.